The van der Waals surface area contributed by atoms with Crippen LogP contribution in [0.2, 0.25) is 0 Å². The van der Waals surface area contributed by atoms with Gasteiger partial charge in [0.15, 0.2) is 17.3 Å². The molecule has 0 aliphatic carbocycles. The minimum absolute atomic E-state index is 0.0959. The fraction of sp³-hybridized carbons (Fsp3) is 0.214. The summed E-state index contributed by atoms with van der Waals surface area (Å²) in [5, 5.41) is 15.2. The van der Waals surface area contributed by atoms with Crippen LogP contribution in [0, 0.1) is 0 Å². The number of benzene rings is 1. The predicted molar refractivity (Wildman–Crippen MR) is 74.8 cm³/mol. The Hall–Kier alpha value is -3.03. The van der Waals surface area contributed by atoms with Gasteiger partial charge >= 0.3 is 5.97 Å². The smallest absolute Gasteiger partial charge is 0.325 e. The molecule has 2 aromatic rings. The standard InChI is InChI=1S/C14H13N3O5/c18-13(19)7-17-6-5-12(16-17)15-14(20)11-8-21-9-3-1-2-4-10(9)22-11/h1-6,11H,7-8H2,(H,18,19)(H,15,16,20)/t11-/m0/s1. The molecule has 1 aromatic heterocycles. The van der Waals surface area contributed by atoms with E-state index in [-0.39, 0.29) is 19.0 Å². The van der Waals surface area contributed by atoms with Crippen LogP contribution in [0.1, 0.15) is 0 Å². The first-order valence-corrected chi connectivity index (χ1v) is 6.56. The molecule has 0 saturated carbocycles. The normalized spacial score (nSPS) is 16.1. The molecule has 1 aromatic carbocycles. The SMILES string of the molecule is O=C(O)Cn1ccc(NC(=O)[C@@H]2COc3ccccc3O2)n1. The molecule has 8 heteroatoms. The van der Waals surface area contributed by atoms with E-state index in [1.54, 1.807) is 18.2 Å². The lowest BCUT2D eigenvalue weighted by atomic mass is 10.2. The van der Waals surface area contributed by atoms with Crippen molar-refractivity contribution >= 4 is 17.7 Å². The Bertz CT molecular complexity index is 712. The van der Waals surface area contributed by atoms with Crippen LogP contribution in [0.5, 0.6) is 11.5 Å². The molecule has 0 saturated heterocycles. The maximum Gasteiger partial charge on any atom is 0.325 e. The average molecular weight is 303 g/mol. The number of carboxylic acids is 1. The molecule has 1 amide bonds. The first-order valence-electron chi connectivity index (χ1n) is 6.56. The fourth-order valence-electron chi connectivity index (χ4n) is 2.01. The van der Waals surface area contributed by atoms with Crippen molar-refractivity contribution in [1.82, 2.24) is 9.78 Å². The number of amides is 1. The minimum Gasteiger partial charge on any atom is -0.485 e. The van der Waals surface area contributed by atoms with E-state index in [0.717, 1.165) is 0 Å². The van der Waals surface area contributed by atoms with E-state index in [4.69, 9.17) is 14.6 Å². The number of fused-ring (bicyclic) bond motifs is 1. The first-order chi connectivity index (χ1) is 10.6. The second-order valence-electron chi connectivity index (χ2n) is 4.65. The van der Waals surface area contributed by atoms with Gasteiger partial charge in [0, 0.05) is 12.3 Å². The van der Waals surface area contributed by atoms with Gasteiger partial charge in [-0.05, 0) is 12.1 Å². The molecule has 0 fully saturated rings. The number of hydrogen-bond acceptors (Lipinski definition) is 5. The summed E-state index contributed by atoms with van der Waals surface area (Å²) in [6, 6.07) is 8.60. The van der Waals surface area contributed by atoms with E-state index < -0.39 is 18.0 Å². The number of ether oxygens (including phenoxy) is 2. The zero-order chi connectivity index (χ0) is 15.5. The lowest BCUT2D eigenvalue weighted by Gasteiger charge is -2.25. The quantitative estimate of drug-likeness (QED) is 0.864. The third-order valence-corrected chi connectivity index (χ3v) is 2.99. The van der Waals surface area contributed by atoms with E-state index in [1.165, 1.54) is 16.9 Å². The van der Waals surface area contributed by atoms with E-state index in [1.807, 2.05) is 6.07 Å². The van der Waals surface area contributed by atoms with Gasteiger partial charge in [-0.3, -0.25) is 14.3 Å². The summed E-state index contributed by atoms with van der Waals surface area (Å²) in [6.45, 7) is -0.176. The van der Waals surface area contributed by atoms with E-state index >= 15 is 0 Å². The van der Waals surface area contributed by atoms with Crippen molar-refractivity contribution in [3.63, 3.8) is 0 Å². The number of carboxylic acid groups (broad SMARTS) is 1. The number of carbonyl (C=O) groups is 2. The minimum atomic E-state index is -1.01. The number of carbonyl (C=O) groups excluding carboxylic acids is 1. The number of aromatic nitrogens is 2. The molecule has 0 unspecified atom stereocenters. The Morgan fingerprint density at radius 1 is 1.32 bits per heavy atom. The van der Waals surface area contributed by atoms with Gasteiger partial charge in [0.05, 0.1) is 0 Å². The predicted octanol–water partition coefficient (Wildman–Crippen LogP) is 0.746. The molecular weight excluding hydrogens is 290 g/mol. The Balaban J connectivity index is 1.63. The Labute approximate surface area is 125 Å². The first kappa shape index (κ1) is 13.9. The van der Waals surface area contributed by atoms with Crippen LogP contribution in [0.25, 0.3) is 0 Å². The van der Waals surface area contributed by atoms with E-state index in [9.17, 15) is 9.59 Å². The average Bonchev–Trinajstić information content (AvgIpc) is 2.93. The summed E-state index contributed by atoms with van der Waals surface area (Å²) in [5.74, 6) is -0.0621. The van der Waals surface area contributed by atoms with Crippen molar-refractivity contribution in [2.24, 2.45) is 0 Å². The molecule has 1 atom stereocenters. The summed E-state index contributed by atoms with van der Waals surface area (Å²) in [6.07, 6.45) is 0.677. The molecule has 114 valence electrons. The number of para-hydroxylation sites is 2. The van der Waals surface area contributed by atoms with Gasteiger partial charge < -0.3 is 19.9 Å². The maximum absolute atomic E-state index is 12.1. The molecule has 22 heavy (non-hydrogen) atoms. The van der Waals surface area contributed by atoms with Gasteiger partial charge in [-0.15, -0.1) is 0 Å². The largest absolute Gasteiger partial charge is 0.485 e. The number of nitrogens with zero attached hydrogens (tertiary/aromatic N) is 2. The Morgan fingerprint density at radius 3 is 2.86 bits per heavy atom. The molecule has 2 N–H and O–H groups in total. The third kappa shape index (κ3) is 3.00. The van der Waals surface area contributed by atoms with Crippen molar-refractivity contribution in [3.05, 3.63) is 36.5 Å². The summed E-state index contributed by atoms with van der Waals surface area (Å²) >= 11 is 0. The van der Waals surface area contributed by atoms with Crippen LogP contribution in [-0.2, 0) is 16.1 Å². The number of nitrogens with one attached hydrogen (secondary N) is 1. The van der Waals surface area contributed by atoms with E-state index in [0.29, 0.717) is 11.5 Å². The highest BCUT2D eigenvalue weighted by molar-refractivity contribution is 5.93. The number of rotatable bonds is 4. The second-order valence-corrected chi connectivity index (χ2v) is 4.65. The molecule has 0 spiro atoms. The molecule has 2 heterocycles. The zero-order valence-electron chi connectivity index (χ0n) is 11.4. The maximum atomic E-state index is 12.1. The molecule has 0 bridgehead atoms. The van der Waals surface area contributed by atoms with Crippen LogP contribution in [0.15, 0.2) is 36.5 Å². The Kier molecular flexibility index (Phi) is 3.65. The molecule has 1 aliphatic heterocycles. The number of aliphatic carboxylic acids is 1. The third-order valence-electron chi connectivity index (χ3n) is 2.99. The van der Waals surface area contributed by atoms with Crippen molar-refractivity contribution in [3.8, 4) is 11.5 Å². The molecular formula is C14H13N3O5. The summed E-state index contributed by atoms with van der Waals surface area (Å²) in [7, 11) is 0. The van der Waals surface area contributed by atoms with Crippen molar-refractivity contribution in [2.45, 2.75) is 12.6 Å². The van der Waals surface area contributed by atoms with Crippen LogP contribution in [0.4, 0.5) is 5.82 Å². The van der Waals surface area contributed by atoms with Gasteiger partial charge in [-0.2, -0.15) is 5.10 Å². The van der Waals surface area contributed by atoms with Gasteiger partial charge in [-0.25, -0.2) is 0 Å². The fourth-order valence-corrected chi connectivity index (χ4v) is 2.01. The van der Waals surface area contributed by atoms with Gasteiger partial charge in [0.1, 0.15) is 13.2 Å². The molecule has 3 rings (SSSR count). The highest BCUT2D eigenvalue weighted by Gasteiger charge is 2.27. The van der Waals surface area contributed by atoms with Crippen LogP contribution in [0.3, 0.4) is 0 Å². The molecule has 1 aliphatic rings. The zero-order valence-corrected chi connectivity index (χ0v) is 11.4. The highest BCUT2D eigenvalue weighted by Crippen LogP contribution is 2.31. The van der Waals surface area contributed by atoms with Gasteiger partial charge in [0.25, 0.3) is 5.91 Å². The number of anilines is 1. The van der Waals surface area contributed by atoms with Crippen molar-refractivity contribution < 1.29 is 24.2 Å². The van der Waals surface area contributed by atoms with Crippen molar-refractivity contribution in [2.75, 3.05) is 11.9 Å². The van der Waals surface area contributed by atoms with Crippen LogP contribution < -0.4 is 14.8 Å². The topological polar surface area (TPSA) is 103 Å². The van der Waals surface area contributed by atoms with Crippen molar-refractivity contribution in [1.29, 1.82) is 0 Å². The second kappa shape index (κ2) is 5.76. The number of hydrogen-bond donors (Lipinski definition) is 2. The summed E-state index contributed by atoms with van der Waals surface area (Å²) in [4.78, 5) is 22.7. The lowest BCUT2D eigenvalue weighted by molar-refractivity contribution is -0.137. The van der Waals surface area contributed by atoms with E-state index in [2.05, 4.69) is 10.4 Å². The lowest BCUT2D eigenvalue weighted by Crippen LogP contribution is -2.40. The van der Waals surface area contributed by atoms with Crippen LogP contribution in [-0.4, -0.2) is 39.5 Å². The monoisotopic (exact) mass is 303 g/mol. The summed E-state index contributed by atoms with van der Waals surface area (Å²) in [5.41, 5.74) is 0. The highest BCUT2D eigenvalue weighted by atomic mass is 16.6. The van der Waals surface area contributed by atoms with Gasteiger partial charge in [-0.1, -0.05) is 12.1 Å². The van der Waals surface area contributed by atoms with Crippen LogP contribution >= 0.6 is 0 Å². The Morgan fingerprint density at radius 2 is 2.09 bits per heavy atom. The summed E-state index contributed by atoms with van der Waals surface area (Å²) < 4.78 is 12.2. The molecule has 0 radical (unpaired) electrons. The molecule has 8 nitrogen and oxygen atoms in total. The van der Waals surface area contributed by atoms with Gasteiger partial charge in [0.2, 0.25) is 6.10 Å².